The average Bonchev–Trinajstić information content (AvgIpc) is 2.80. The van der Waals surface area contributed by atoms with Crippen LogP contribution in [0.1, 0.15) is 5.56 Å². The van der Waals surface area contributed by atoms with Crippen molar-refractivity contribution in [2.45, 2.75) is 13.0 Å². The standard InChI is InChI=1S/C16H16IN3O/c1-21-13-5-2-11(3-6-13)8-9-20-15-7-4-12(17)10-14(15)19-16(20)18/h2-7,10H,8-9H2,1H3,(H2,18,19). The number of aryl methyl sites for hydroxylation is 2. The number of hydrogen-bond donors (Lipinski definition) is 1. The Hall–Kier alpha value is -1.76. The molecule has 3 rings (SSSR count). The Kier molecular flexibility index (Phi) is 4.01. The van der Waals surface area contributed by atoms with Crippen molar-refractivity contribution in [2.24, 2.45) is 0 Å². The quantitative estimate of drug-likeness (QED) is 0.691. The molecule has 3 aromatic rings. The minimum Gasteiger partial charge on any atom is -0.497 e. The summed E-state index contributed by atoms with van der Waals surface area (Å²) in [4.78, 5) is 4.43. The molecular formula is C16H16IN3O. The number of rotatable bonds is 4. The van der Waals surface area contributed by atoms with Crippen molar-refractivity contribution in [1.82, 2.24) is 9.55 Å². The molecule has 5 heteroatoms. The number of ether oxygens (including phenoxy) is 1. The highest BCUT2D eigenvalue weighted by Gasteiger charge is 2.08. The number of hydrogen-bond acceptors (Lipinski definition) is 3. The molecule has 2 N–H and O–H groups in total. The fraction of sp³-hybridized carbons (Fsp3) is 0.188. The fourth-order valence-corrected chi connectivity index (χ4v) is 2.86. The lowest BCUT2D eigenvalue weighted by atomic mass is 10.1. The first kappa shape index (κ1) is 14.2. The Morgan fingerprint density at radius 3 is 2.67 bits per heavy atom. The highest BCUT2D eigenvalue weighted by molar-refractivity contribution is 14.1. The normalized spacial score (nSPS) is 11.0. The van der Waals surface area contributed by atoms with Crippen LogP contribution in [0.3, 0.4) is 0 Å². The van der Waals surface area contributed by atoms with Gasteiger partial charge in [-0.3, -0.25) is 0 Å². The van der Waals surface area contributed by atoms with Crippen molar-refractivity contribution in [1.29, 1.82) is 0 Å². The average molecular weight is 393 g/mol. The van der Waals surface area contributed by atoms with Crippen LogP contribution in [0.15, 0.2) is 42.5 Å². The predicted octanol–water partition coefficient (Wildman–Crippen LogP) is 3.47. The summed E-state index contributed by atoms with van der Waals surface area (Å²) >= 11 is 2.28. The number of benzene rings is 2. The van der Waals surface area contributed by atoms with E-state index in [0.717, 1.165) is 29.7 Å². The van der Waals surface area contributed by atoms with Crippen LogP contribution in [0.25, 0.3) is 11.0 Å². The second kappa shape index (κ2) is 5.93. The number of imidazole rings is 1. The molecule has 108 valence electrons. The Morgan fingerprint density at radius 2 is 1.95 bits per heavy atom. The number of nitrogens with two attached hydrogens (primary N) is 1. The van der Waals surface area contributed by atoms with Gasteiger partial charge < -0.3 is 15.0 Å². The lowest BCUT2D eigenvalue weighted by molar-refractivity contribution is 0.414. The monoisotopic (exact) mass is 393 g/mol. The van der Waals surface area contributed by atoms with E-state index in [4.69, 9.17) is 10.5 Å². The van der Waals surface area contributed by atoms with Crippen LogP contribution < -0.4 is 10.5 Å². The van der Waals surface area contributed by atoms with E-state index < -0.39 is 0 Å². The van der Waals surface area contributed by atoms with Crippen LogP contribution >= 0.6 is 22.6 Å². The lowest BCUT2D eigenvalue weighted by Crippen LogP contribution is -2.05. The van der Waals surface area contributed by atoms with Crippen LogP contribution in [0, 0.1) is 3.57 Å². The van der Waals surface area contributed by atoms with Crippen LogP contribution in [-0.2, 0) is 13.0 Å². The van der Waals surface area contributed by atoms with Crippen LogP contribution in [0.2, 0.25) is 0 Å². The van der Waals surface area contributed by atoms with Crippen molar-refractivity contribution >= 4 is 39.6 Å². The van der Waals surface area contributed by atoms with Gasteiger partial charge in [-0.2, -0.15) is 0 Å². The van der Waals surface area contributed by atoms with Gasteiger partial charge >= 0.3 is 0 Å². The summed E-state index contributed by atoms with van der Waals surface area (Å²) < 4.78 is 8.40. The molecule has 0 amide bonds. The van der Waals surface area contributed by atoms with Gasteiger partial charge in [0.25, 0.3) is 0 Å². The number of methoxy groups -OCH3 is 1. The Bertz CT molecular complexity index is 765. The summed E-state index contributed by atoms with van der Waals surface area (Å²) in [6.45, 7) is 0.815. The van der Waals surface area contributed by atoms with E-state index in [9.17, 15) is 0 Å². The van der Waals surface area contributed by atoms with E-state index >= 15 is 0 Å². The molecule has 0 spiro atoms. The summed E-state index contributed by atoms with van der Waals surface area (Å²) in [5, 5.41) is 0. The van der Waals surface area contributed by atoms with Crippen LogP contribution in [0.5, 0.6) is 5.75 Å². The summed E-state index contributed by atoms with van der Waals surface area (Å²) in [5.74, 6) is 1.45. The molecule has 0 aliphatic heterocycles. The first-order chi connectivity index (χ1) is 10.2. The largest absolute Gasteiger partial charge is 0.497 e. The van der Waals surface area contributed by atoms with Gasteiger partial charge in [-0.25, -0.2) is 4.98 Å². The number of nitrogen functional groups attached to an aromatic ring is 1. The molecule has 21 heavy (non-hydrogen) atoms. The van der Waals surface area contributed by atoms with E-state index in [2.05, 4.69) is 62.5 Å². The molecule has 0 radical (unpaired) electrons. The Balaban J connectivity index is 1.82. The molecule has 0 aliphatic carbocycles. The third-order valence-electron chi connectivity index (χ3n) is 3.52. The van der Waals surface area contributed by atoms with Gasteiger partial charge in [0.05, 0.1) is 18.1 Å². The Labute approximate surface area is 137 Å². The molecule has 4 nitrogen and oxygen atoms in total. The molecule has 0 fully saturated rings. The van der Waals surface area contributed by atoms with E-state index in [-0.39, 0.29) is 0 Å². The predicted molar refractivity (Wildman–Crippen MR) is 93.6 cm³/mol. The molecular weight excluding hydrogens is 377 g/mol. The molecule has 0 saturated carbocycles. The van der Waals surface area contributed by atoms with E-state index in [1.807, 2.05) is 12.1 Å². The van der Waals surface area contributed by atoms with Gasteiger partial charge in [0.2, 0.25) is 5.95 Å². The minimum absolute atomic E-state index is 0.570. The smallest absolute Gasteiger partial charge is 0.201 e. The molecule has 1 aromatic heterocycles. The number of nitrogens with zero attached hydrogens (tertiary/aromatic N) is 2. The molecule has 0 saturated heterocycles. The second-order valence-corrected chi connectivity index (χ2v) is 6.10. The molecule has 0 unspecified atom stereocenters. The van der Waals surface area contributed by atoms with Gasteiger partial charge in [0, 0.05) is 10.1 Å². The summed E-state index contributed by atoms with van der Waals surface area (Å²) in [6, 6.07) is 14.3. The van der Waals surface area contributed by atoms with Crippen molar-refractivity contribution in [3.05, 3.63) is 51.6 Å². The number of fused-ring (bicyclic) bond motifs is 1. The van der Waals surface area contributed by atoms with Crippen molar-refractivity contribution in [3.8, 4) is 5.75 Å². The van der Waals surface area contributed by atoms with Gasteiger partial charge in [-0.05, 0) is 64.9 Å². The zero-order valence-electron chi connectivity index (χ0n) is 11.7. The second-order valence-electron chi connectivity index (χ2n) is 4.85. The summed E-state index contributed by atoms with van der Waals surface area (Å²) in [5.41, 5.74) is 9.33. The SMILES string of the molecule is COc1ccc(CCn2c(N)nc3cc(I)ccc32)cc1. The maximum absolute atomic E-state index is 6.04. The van der Waals surface area contributed by atoms with Crippen molar-refractivity contribution < 1.29 is 4.74 Å². The highest BCUT2D eigenvalue weighted by atomic mass is 127. The molecule has 1 heterocycles. The van der Waals surface area contributed by atoms with Crippen molar-refractivity contribution in [2.75, 3.05) is 12.8 Å². The summed E-state index contributed by atoms with van der Waals surface area (Å²) in [7, 11) is 1.68. The third kappa shape index (κ3) is 2.97. The zero-order valence-corrected chi connectivity index (χ0v) is 13.9. The van der Waals surface area contributed by atoms with E-state index in [1.54, 1.807) is 7.11 Å². The van der Waals surface area contributed by atoms with Gasteiger partial charge in [-0.1, -0.05) is 12.1 Å². The van der Waals surface area contributed by atoms with E-state index in [1.165, 1.54) is 9.13 Å². The van der Waals surface area contributed by atoms with Gasteiger partial charge in [-0.15, -0.1) is 0 Å². The number of aromatic nitrogens is 2. The topological polar surface area (TPSA) is 53.1 Å². The van der Waals surface area contributed by atoms with Crippen molar-refractivity contribution in [3.63, 3.8) is 0 Å². The number of anilines is 1. The van der Waals surface area contributed by atoms with Gasteiger partial charge in [0.1, 0.15) is 5.75 Å². The molecule has 0 aliphatic rings. The molecule has 2 aromatic carbocycles. The van der Waals surface area contributed by atoms with Crippen LogP contribution in [-0.4, -0.2) is 16.7 Å². The maximum Gasteiger partial charge on any atom is 0.201 e. The minimum atomic E-state index is 0.570. The Morgan fingerprint density at radius 1 is 1.19 bits per heavy atom. The molecule has 0 atom stereocenters. The lowest BCUT2D eigenvalue weighted by Gasteiger charge is -2.07. The fourth-order valence-electron chi connectivity index (χ4n) is 2.39. The highest BCUT2D eigenvalue weighted by Crippen LogP contribution is 2.21. The first-order valence-corrected chi connectivity index (χ1v) is 7.79. The third-order valence-corrected chi connectivity index (χ3v) is 4.19. The first-order valence-electron chi connectivity index (χ1n) is 6.71. The zero-order chi connectivity index (χ0) is 14.8. The molecule has 0 bridgehead atoms. The van der Waals surface area contributed by atoms with Gasteiger partial charge in [0.15, 0.2) is 0 Å². The number of halogens is 1. The summed E-state index contributed by atoms with van der Waals surface area (Å²) in [6.07, 6.45) is 0.908. The maximum atomic E-state index is 6.04. The van der Waals surface area contributed by atoms with Crippen LogP contribution in [0.4, 0.5) is 5.95 Å². The van der Waals surface area contributed by atoms with E-state index in [0.29, 0.717) is 5.95 Å².